The minimum atomic E-state index is -1.05. The summed E-state index contributed by atoms with van der Waals surface area (Å²) in [6.45, 7) is 0. The molecule has 0 unspecified atom stereocenters. The summed E-state index contributed by atoms with van der Waals surface area (Å²) < 4.78 is 9.48. The second-order valence-corrected chi connectivity index (χ2v) is 12.2. The maximum absolute atomic E-state index is 12.5. The van der Waals surface area contributed by atoms with Gasteiger partial charge in [-0.2, -0.15) is 4.99 Å². The fourth-order valence-electron chi connectivity index (χ4n) is 4.58. The first-order chi connectivity index (χ1) is 24.8. The molecule has 16 heteroatoms. The van der Waals surface area contributed by atoms with Crippen LogP contribution in [0.25, 0.3) is 0 Å². The molecule has 0 aliphatic rings. The zero-order valence-electron chi connectivity index (χ0n) is 27.3. The van der Waals surface area contributed by atoms with Crippen molar-refractivity contribution in [3.63, 3.8) is 0 Å². The standard InChI is InChI=1S/C18H14Cl2N2O4.C18H15Cl2NO5/c1-26-18(25)15(9-11-5-7-12(8-6-11)21-10-23)22-17(24)16-13(19)3-2-4-14(16)20;1-26-18(25)14(9-10-5-7-11(8-6-10)17(23)24)21-16(22)15-12(19)3-2-4-13(15)20/h2-8,15H,9H2,1H3,(H,22,24);2-8,14H,9H2,1H3,(H,21,22)(H,23,24)/t15-;14-/m00/s1. The number of ether oxygens (including phenoxy) is 2. The normalized spacial score (nSPS) is 11.3. The van der Waals surface area contributed by atoms with E-state index in [2.05, 4.69) is 15.6 Å². The van der Waals surface area contributed by atoms with Crippen LogP contribution in [0.2, 0.25) is 20.1 Å². The predicted molar refractivity (Wildman–Crippen MR) is 194 cm³/mol. The number of carbonyl (C=O) groups excluding carboxylic acids is 5. The van der Waals surface area contributed by atoms with E-state index in [4.69, 9.17) is 61.0 Å². The Morgan fingerprint density at radius 2 is 1.02 bits per heavy atom. The Bertz CT molecular complexity index is 1810. The lowest BCUT2D eigenvalue weighted by atomic mass is 10.0. The number of carboxylic acids is 1. The number of amides is 2. The summed E-state index contributed by atoms with van der Waals surface area (Å²) >= 11 is 24.1. The smallest absolute Gasteiger partial charge is 0.335 e. The highest BCUT2D eigenvalue weighted by molar-refractivity contribution is 6.40. The van der Waals surface area contributed by atoms with E-state index in [9.17, 15) is 28.8 Å². The number of aromatic carboxylic acids is 1. The van der Waals surface area contributed by atoms with E-state index in [1.807, 2.05) is 0 Å². The van der Waals surface area contributed by atoms with Crippen molar-refractivity contribution < 1.29 is 43.3 Å². The van der Waals surface area contributed by atoms with E-state index in [1.54, 1.807) is 48.5 Å². The molecule has 2 amide bonds. The maximum atomic E-state index is 12.5. The van der Waals surface area contributed by atoms with Crippen molar-refractivity contribution in [3.05, 3.63) is 133 Å². The molecule has 0 aliphatic heterocycles. The summed E-state index contributed by atoms with van der Waals surface area (Å²) in [5.41, 5.74) is 2.08. The molecule has 2 atom stereocenters. The van der Waals surface area contributed by atoms with Gasteiger partial charge in [0.2, 0.25) is 6.08 Å². The molecule has 4 aromatic rings. The Hall–Kier alpha value is -5.23. The largest absolute Gasteiger partial charge is 0.478 e. The molecule has 0 bridgehead atoms. The fraction of sp³-hybridized carbons (Fsp3) is 0.167. The van der Waals surface area contributed by atoms with E-state index in [0.29, 0.717) is 11.3 Å². The van der Waals surface area contributed by atoms with Gasteiger partial charge in [0.05, 0.1) is 56.7 Å². The highest BCUT2D eigenvalue weighted by Gasteiger charge is 2.26. The van der Waals surface area contributed by atoms with Crippen molar-refractivity contribution in [1.29, 1.82) is 0 Å². The van der Waals surface area contributed by atoms with Crippen molar-refractivity contribution in [2.75, 3.05) is 14.2 Å². The van der Waals surface area contributed by atoms with E-state index in [0.717, 1.165) is 5.56 Å². The van der Waals surface area contributed by atoms with E-state index in [1.165, 1.54) is 56.7 Å². The van der Waals surface area contributed by atoms with Crippen molar-refractivity contribution in [3.8, 4) is 0 Å². The Balaban J connectivity index is 0.000000280. The van der Waals surface area contributed by atoms with Crippen LogP contribution in [0.15, 0.2) is 89.9 Å². The van der Waals surface area contributed by atoms with Crippen LogP contribution in [0.5, 0.6) is 0 Å². The quantitative estimate of drug-likeness (QED) is 0.0803. The molecule has 4 rings (SSSR count). The minimum Gasteiger partial charge on any atom is -0.478 e. The highest BCUT2D eigenvalue weighted by atomic mass is 35.5. The summed E-state index contributed by atoms with van der Waals surface area (Å²) in [7, 11) is 2.43. The van der Waals surface area contributed by atoms with Crippen LogP contribution in [0.1, 0.15) is 42.2 Å². The van der Waals surface area contributed by atoms with Gasteiger partial charge in [-0.15, -0.1) is 0 Å². The van der Waals surface area contributed by atoms with Crippen LogP contribution in [-0.2, 0) is 36.7 Å². The van der Waals surface area contributed by atoms with E-state index >= 15 is 0 Å². The Morgan fingerprint density at radius 1 is 0.654 bits per heavy atom. The molecule has 0 radical (unpaired) electrons. The van der Waals surface area contributed by atoms with Crippen molar-refractivity contribution in [1.82, 2.24) is 10.6 Å². The lowest BCUT2D eigenvalue weighted by Gasteiger charge is -2.17. The molecule has 4 aromatic carbocycles. The SMILES string of the molecule is COC(=O)[C@H](Cc1ccc(C(=O)O)cc1)NC(=O)c1c(Cl)cccc1Cl.COC(=O)[C@H](Cc1ccc(N=C=O)cc1)NC(=O)c1c(Cl)cccc1Cl. The van der Waals surface area contributed by atoms with Crippen molar-refractivity contribution in [2.45, 2.75) is 24.9 Å². The van der Waals surface area contributed by atoms with Crippen LogP contribution >= 0.6 is 46.4 Å². The van der Waals surface area contributed by atoms with Gasteiger partial charge in [-0.25, -0.2) is 19.2 Å². The molecular weight excluding hydrogens is 760 g/mol. The number of hydrogen-bond acceptors (Lipinski definition) is 9. The number of hydrogen-bond donors (Lipinski definition) is 3. The van der Waals surface area contributed by atoms with E-state index in [-0.39, 0.29) is 49.6 Å². The van der Waals surface area contributed by atoms with Gasteiger partial charge in [-0.05, 0) is 59.7 Å². The number of aliphatic imine (C=N–C) groups is 1. The second-order valence-electron chi connectivity index (χ2n) is 10.6. The molecule has 0 fully saturated rings. The van der Waals surface area contributed by atoms with Gasteiger partial charge in [-0.1, -0.05) is 82.8 Å². The molecule has 0 saturated heterocycles. The minimum absolute atomic E-state index is 0.0611. The zero-order valence-corrected chi connectivity index (χ0v) is 30.3. The first kappa shape index (κ1) is 41.2. The number of rotatable bonds is 12. The molecule has 0 aromatic heterocycles. The zero-order chi connectivity index (χ0) is 38.4. The van der Waals surface area contributed by atoms with Gasteiger partial charge < -0.3 is 25.2 Å². The number of nitrogens with one attached hydrogen (secondary N) is 2. The first-order valence-corrected chi connectivity index (χ1v) is 16.4. The summed E-state index contributed by atoms with van der Waals surface area (Å²) in [5, 5.41) is 14.7. The van der Waals surface area contributed by atoms with Gasteiger partial charge in [-0.3, -0.25) is 9.59 Å². The van der Waals surface area contributed by atoms with Gasteiger partial charge in [0, 0.05) is 12.8 Å². The molecule has 0 aliphatic carbocycles. The Kier molecular flexibility index (Phi) is 15.8. The summed E-state index contributed by atoms with van der Waals surface area (Å²) in [6.07, 6.45) is 1.73. The molecule has 0 heterocycles. The number of benzene rings is 4. The van der Waals surface area contributed by atoms with Crippen molar-refractivity contribution >= 4 is 87.9 Å². The Morgan fingerprint density at radius 3 is 1.35 bits per heavy atom. The molecule has 12 nitrogen and oxygen atoms in total. The lowest BCUT2D eigenvalue weighted by molar-refractivity contribution is -0.143. The average Bonchev–Trinajstić information content (AvgIpc) is 3.11. The topological polar surface area (TPSA) is 178 Å². The Labute approximate surface area is 317 Å². The molecule has 0 spiro atoms. The molecule has 3 N–H and O–H groups in total. The third kappa shape index (κ3) is 11.7. The number of esters is 2. The van der Waals surface area contributed by atoms with Gasteiger partial charge in [0.25, 0.3) is 11.8 Å². The number of isocyanates is 1. The molecular formula is C36H29Cl4N3O9. The fourth-order valence-corrected chi connectivity index (χ4v) is 5.71. The summed E-state index contributed by atoms with van der Waals surface area (Å²) in [4.78, 5) is 73.7. The molecule has 270 valence electrons. The maximum Gasteiger partial charge on any atom is 0.335 e. The second kappa shape index (κ2) is 20.0. The van der Waals surface area contributed by atoms with E-state index < -0.39 is 41.8 Å². The van der Waals surface area contributed by atoms with Crippen LogP contribution in [0.4, 0.5) is 5.69 Å². The predicted octanol–water partition coefficient (Wildman–Crippen LogP) is 6.68. The third-order valence-electron chi connectivity index (χ3n) is 7.15. The summed E-state index contributed by atoms with van der Waals surface area (Å²) in [6, 6.07) is 19.9. The van der Waals surface area contributed by atoms with Gasteiger partial charge >= 0.3 is 17.9 Å². The van der Waals surface area contributed by atoms with Crippen LogP contribution in [-0.4, -0.2) is 67.2 Å². The van der Waals surface area contributed by atoms with Crippen LogP contribution < -0.4 is 10.6 Å². The number of carboxylic acid groups (broad SMARTS) is 1. The average molecular weight is 789 g/mol. The van der Waals surface area contributed by atoms with Crippen LogP contribution in [0, 0.1) is 0 Å². The first-order valence-electron chi connectivity index (χ1n) is 14.9. The number of methoxy groups -OCH3 is 2. The summed E-state index contributed by atoms with van der Waals surface area (Å²) in [5.74, 6) is -3.51. The molecule has 0 saturated carbocycles. The monoisotopic (exact) mass is 787 g/mol. The highest BCUT2D eigenvalue weighted by Crippen LogP contribution is 2.25. The van der Waals surface area contributed by atoms with Crippen LogP contribution in [0.3, 0.4) is 0 Å². The third-order valence-corrected chi connectivity index (χ3v) is 8.41. The number of carbonyl (C=O) groups is 5. The number of nitrogens with zero attached hydrogens (tertiary/aromatic N) is 1. The molecule has 52 heavy (non-hydrogen) atoms. The lowest BCUT2D eigenvalue weighted by Crippen LogP contribution is -2.43. The van der Waals surface area contributed by atoms with Gasteiger partial charge in [0.1, 0.15) is 12.1 Å². The van der Waals surface area contributed by atoms with Gasteiger partial charge in [0.15, 0.2) is 0 Å². The van der Waals surface area contributed by atoms with Crippen molar-refractivity contribution in [2.24, 2.45) is 4.99 Å². The number of halogens is 4.